The topological polar surface area (TPSA) is 74.3 Å². The van der Waals surface area contributed by atoms with Crippen LogP contribution in [0.2, 0.25) is 0 Å². The lowest BCUT2D eigenvalue weighted by Crippen LogP contribution is -2.95. The average molecular weight is 605 g/mol. The number of fused-ring (bicyclic) bond motifs is 5. The molecule has 0 radical (unpaired) electrons. The summed E-state index contributed by atoms with van der Waals surface area (Å²) >= 11 is 0. The van der Waals surface area contributed by atoms with Gasteiger partial charge in [-0.2, -0.15) is 21.6 Å². The van der Waals surface area contributed by atoms with Crippen molar-refractivity contribution in [1.29, 1.82) is 0 Å². The van der Waals surface area contributed by atoms with Crippen molar-refractivity contribution in [3.8, 4) is 11.5 Å². The van der Waals surface area contributed by atoms with Crippen LogP contribution in [0.1, 0.15) is 25.7 Å². The first kappa shape index (κ1) is 25.2. The maximum absolute atomic E-state index is 14.3. The third-order valence-electron chi connectivity index (χ3n) is 10.0. The number of halogens is 3. The van der Waals surface area contributed by atoms with Gasteiger partial charge in [0.05, 0.1) is 26.2 Å². The van der Waals surface area contributed by atoms with Crippen LogP contribution in [0.25, 0.3) is 10.8 Å². The monoisotopic (exact) mass is 605 g/mol. The number of rotatable bonds is 2. The number of alkyl halides is 3. The highest BCUT2D eigenvalue weighted by molar-refractivity contribution is 7.88. The molecule has 0 spiro atoms. The molecule has 42 heavy (non-hydrogen) atoms. The lowest BCUT2D eigenvalue weighted by Gasteiger charge is -2.69. The maximum Gasteiger partial charge on any atom is 0.828 e. The van der Waals surface area contributed by atoms with E-state index in [9.17, 15) is 21.6 Å². The van der Waals surface area contributed by atoms with E-state index in [2.05, 4.69) is 23.0 Å². The van der Waals surface area contributed by atoms with E-state index in [4.69, 9.17) is 8.75 Å². The van der Waals surface area contributed by atoms with Crippen molar-refractivity contribution in [2.45, 2.75) is 31.2 Å². The summed E-state index contributed by atoms with van der Waals surface area (Å²) in [5.74, 6) is 2.35. The molecule has 7 heterocycles. The molecule has 2 fully saturated rings. The Balaban J connectivity index is 1.44. The van der Waals surface area contributed by atoms with Crippen LogP contribution in [0.3, 0.4) is 0 Å². The number of hydrogen-bond acceptors (Lipinski definition) is 8. The smallest absolute Gasteiger partial charge is 0.828 e. The van der Waals surface area contributed by atoms with Gasteiger partial charge in [-0.1, -0.05) is 24.3 Å². The summed E-state index contributed by atoms with van der Waals surface area (Å²) in [7, 11) is -6.06. The van der Waals surface area contributed by atoms with Gasteiger partial charge in [0, 0.05) is 63.3 Å². The molecule has 2 bridgehead atoms. The minimum absolute atomic E-state index is 0.331. The Labute approximate surface area is 240 Å². The number of guanidine groups is 2. The van der Waals surface area contributed by atoms with Crippen molar-refractivity contribution in [3.05, 3.63) is 36.4 Å². The fourth-order valence-electron chi connectivity index (χ4n) is 8.72. The van der Waals surface area contributed by atoms with Crippen molar-refractivity contribution >= 4 is 46.5 Å². The van der Waals surface area contributed by atoms with Gasteiger partial charge in [0.15, 0.2) is 11.5 Å². The standard InChI is InChI=1S/C25H30B2F3N6O5S/c28-25(29,30)42(37,38)40-27-35-17-5-13-31-11-3-15-33(23(31)35)26(34-16-4-12-32-14-6-18-36(27)24(32)34)39-22-20-8-2-1-7-19(20)9-10-21(22)41(26)27/h1-2,7-10H,3-6,11-18H2/q+1. The Morgan fingerprint density at radius 1 is 0.833 bits per heavy atom. The largest absolute Gasteiger partial charge is 0.881 e. The molecule has 0 amide bonds. The summed E-state index contributed by atoms with van der Waals surface area (Å²) in [4.78, 5) is 7.92. The molecule has 7 aliphatic heterocycles. The highest BCUT2D eigenvalue weighted by Crippen LogP contribution is 2.60. The lowest BCUT2D eigenvalue weighted by molar-refractivity contribution is -0.605. The van der Waals surface area contributed by atoms with Crippen molar-refractivity contribution < 1.29 is 43.5 Å². The van der Waals surface area contributed by atoms with Gasteiger partial charge in [0.1, 0.15) is 0 Å². The Kier molecular flexibility index (Phi) is 4.79. The third-order valence-corrected chi connectivity index (χ3v) is 11.1. The third kappa shape index (κ3) is 2.82. The molecule has 2 saturated heterocycles. The molecule has 222 valence electrons. The molecule has 7 aliphatic rings. The van der Waals surface area contributed by atoms with E-state index in [1.54, 1.807) is 9.62 Å². The first-order valence-electron chi connectivity index (χ1n) is 14.8. The molecular weight excluding hydrogens is 575 g/mol. The summed E-state index contributed by atoms with van der Waals surface area (Å²) in [5.41, 5.74) is -5.61. The summed E-state index contributed by atoms with van der Waals surface area (Å²) < 4.78 is 89.9. The Morgan fingerprint density at radius 2 is 1.43 bits per heavy atom. The van der Waals surface area contributed by atoms with E-state index >= 15 is 0 Å². The minimum Gasteiger partial charge on any atom is -0.881 e. The molecule has 0 aromatic heterocycles. The van der Waals surface area contributed by atoms with Crippen molar-refractivity contribution in [2.24, 2.45) is 0 Å². The second kappa shape index (κ2) is 7.98. The van der Waals surface area contributed by atoms with Crippen LogP contribution in [0.4, 0.5) is 13.2 Å². The van der Waals surface area contributed by atoms with Gasteiger partial charge >= 0.3 is 29.3 Å². The molecule has 2 aromatic carbocycles. The fourth-order valence-corrected chi connectivity index (χ4v) is 9.45. The summed E-state index contributed by atoms with van der Waals surface area (Å²) in [5, 5.41) is 1.72. The second-order valence-corrected chi connectivity index (χ2v) is 13.7. The summed E-state index contributed by atoms with van der Waals surface area (Å²) in [6.45, 7) is -1.08. The van der Waals surface area contributed by atoms with Crippen LogP contribution >= 0.6 is 0 Å². The van der Waals surface area contributed by atoms with E-state index in [1.165, 1.54) is 0 Å². The number of benzene rings is 2. The van der Waals surface area contributed by atoms with Gasteiger partial charge in [0.2, 0.25) is 0 Å². The van der Waals surface area contributed by atoms with E-state index in [0.29, 0.717) is 62.4 Å². The molecule has 9 rings (SSSR count). The molecule has 17 heteroatoms. The zero-order valence-corrected chi connectivity index (χ0v) is 23.7. The molecule has 0 N–H and O–H groups in total. The van der Waals surface area contributed by atoms with Crippen LogP contribution in [0, 0.1) is 0 Å². The van der Waals surface area contributed by atoms with E-state index in [0.717, 1.165) is 49.8 Å². The summed E-state index contributed by atoms with van der Waals surface area (Å²) in [6, 6.07) is 11.4. The van der Waals surface area contributed by atoms with Crippen LogP contribution in [0.5, 0.6) is 11.5 Å². The molecule has 2 aromatic rings. The van der Waals surface area contributed by atoms with E-state index < -0.39 is 29.3 Å². The van der Waals surface area contributed by atoms with Crippen molar-refractivity contribution in [1.82, 2.24) is 19.4 Å². The van der Waals surface area contributed by atoms with Crippen LogP contribution in [0.15, 0.2) is 36.4 Å². The summed E-state index contributed by atoms with van der Waals surface area (Å²) in [6.07, 6.45) is 2.95. The molecule has 0 saturated carbocycles. The highest BCUT2D eigenvalue weighted by Gasteiger charge is 2.86. The zero-order valence-electron chi connectivity index (χ0n) is 22.9. The second-order valence-electron chi connectivity index (χ2n) is 12.1. The van der Waals surface area contributed by atoms with Crippen LogP contribution in [-0.4, -0.2) is 120 Å². The quantitative estimate of drug-likeness (QED) is 0.292. The first-order valence-corrected chi connectivity index (χ1v) is 16.2. The Morgan fingerprint density at radius 3 is 2.05 bits per heavy atom. The van der Waals surface area contributed by atoms with Crippen molar-refractivity contribution in [2.75, 3.05) is 52.4 Å². The SMILES string of the molecule is O=S(=O)(O[B-]12N3CCCN4CCC[N+](=C43)[B-]3(Oc4c(ccc5ccccc45)[O+]13)[N+]1=C3N(CCCN32)CCC1)C(F)(F)F. The van der Waals surface area contributed by atoms with Gasteiger partial charge in [-0.05, 0) is 11.5 Å². The van der Waals surface area contributed by atoms with Crippen LogP contribution in [-0.2, 0) is 18.4 Å². The molecular formula is C25H30B2F3N6O5S+. The average Bonchev–Trinajstić information content (AvgIpc) is 3.36. The predicted molar refractivity (Wildman–Crippen MR) is 148 cm³/mol. The molecule has 0 atom stereocenters. The molecule has 0 unspecified atom stereocenters. The van der Waals surface area contributed by atoms with Crippen molar-refractivity contribution in [3.63, 3.8) is 0 Å². The Bertz CT molecular complexity index is 1690. The van der Waals surface area contributed by atoms with Gasteiger partial charge in [-0.3, -0.25) is 18.8 Å². The fraction of sp³-hybridized carbons (Fsp3) is 0.520. The minimum atomic E-state index is -6.06. The Hall–Kier alpha value is -3.33. The van der Waals surface area contributed by atoms with Gasteiger partial charge in [0.25, 0.3) is 11.9 Å². The predicted octanol–water partition coefficient (Wildman–Crippen LogP) is 1.82. The van der Waals surface area contributed by atoms with Gasteiger partial charge < -0.3 is 22.6 Å². The maximum atomic E-state index is 14.3. The van der Waals surface area contributed by atoms with Crippen LogP contribution < -0.4 is 4.65 Å². The lowest BCUT2D eigenvalue weighted by atomic mass is 9.65. The number of nitrogens with zero attached hydrogens (tertiary/aromatic N) is 6. The highest BCUT2D eigenvalue weighted by atomic mass is 32.2. The molecule has 0 aliphatic carbocycles. The number of hydrogen-bond donors (Lipinski definition) is 0. The van der Waals surface area contributed by atoms with Gasteiger partial charge in [-0.25, -0.2) is 0 Å². The van der Waals surface area contributed by atoms with E-state index in [1.807, 2.05) is 36.4 Å². The molecule has 11 nitrogen and oxygen atoms in total. The van der Waals surface area contributed by atoms with Gasteiger partial charge in [-0.15, -0.1) is 0 Å². The van der Waals surface area contributed by atoms with E-state index in [-0.39, 0.29) is 0 Å². The zero-order chi connectivity index (χ0) is 28.6. The first-order chi connectivity index (χ1) is 20.2. The normalized spacial score (nSPS) is 29.8.